The van der Waals surface area contributed by atoms with Crippen LogP contribution in [0.5, 0.6) is 0 Å². The van der Waals surface area contributed by atoms with Crippen molar-refractivity contribution in [1.82, 2.24) is 20.3 Å². The van der Waals surface area contributed by atoms with Crippen LogP contribution >= 0.6 is 23.2 Å². The molecule has 0 radical (unpaired) electrons. The number of fused-ring (bicyclic) bond motifs is 1. The fourth-order valence-electron chi connectivity index (χ4n) is 3.59. The van der Waals surface area contributed by atoms with Gasteiger partial charge in [0, 0.05) is 41.4 Å². The lowest BCUT2D eigenvalue weighted by Gasteiger charge is -2.30. The average molecular weight is 457 g/mol. The van der Waals surface area contributed by atoms with E-state index in [0.29, 0.717) is 39.9 Å². The Morgan fingerprint density at radius 3 is 2.74 bits per heavy atom. The molecular weight excluding hydrogens is 435 g/mol. The topological polar surface area (TPSA) is 83.0 Å². The number of nitrogens with zero attached hydrogens (tertiary/aromatic N) is 4. The molecule has 31 heavy (non-hydrogen) atoms. The lowest BCUT2D eigenvalue weighted by atomic mass is 9.99. The summed E-state index contributed by atoms with van der Waals surface area (Å²) >= 11 is 12.1. The first-order valence-electron chi connectivity index (χ1n) is 9.97. The second kappa shape index (κ2) is 9.08. The molecule has 0 aliphatic carbocycles. The van der Waals surface area contributed by atoms with Crippen LogP contribution in [0.1, 0.15) is 33.7 Å². The summed E-state index contributed by atoms with van der Waals surface area (Å²) in [6.07, 6.45) is 1.83. The first-order chi connectivity index (χ1) is 14.9. The third kappa shape index (κ3) is 4.73. The number of hydrogen-bond acceptors (Lipinski definition) is 6. The predicted octanol–water partition coefficient (Wildman–Crippen LogP) is 4.54. The minimum Gasteiger partial charge on any atom is -0.357 e. The Balaban J connectivity index is 1.54. The van der Waals surface area contributed by atoms with Gasteiger partial charge in [-0.3, -0.25) is 4.79 Å². The van der Waals surface area contributed by atoms with Crippen LogP contribution < -0.4 is 15.5 Å². The Morgan fingerprint density at radius 1 is 1.13 bits per heavy atom. The van der Waals surface area contributed by atoms with E-state index in [1.807, 2.05) is 31.2 Å². The Bertz CT molecular complexity index is 1140. The lowest BCUT2D eigenvalue weighted by molar-refractivity contribution is 0.0951. The van der Waals surface area contributed by atoms with Crippen LogP contribution in [0, 0.1) is 6.92 Å². The highest BCUT2D eigenvalue weighted by molar-refractivity contribution is 6.35. The highest BCUT2D eigenvalue weighted by Crippen LogP contribution is 2.32. The SMILES string of the molecule is CNc1nc(C)nc(N2CCCc3cc(C(=O)NCc4ccc(Cl)cc4Cl)ccc32)n1. The zero-order valence-corrected chi connectivity index (χ0v) is 18.8. The van der Waals surface area contributed by atoms with Crippen molar-refractivity contribution < 1.29 is 4.79 Å². The maximum Gasteiger partial charge on any atom is 0.251 e. The fraction of sp³-hybridized carbons (Fsp3) is 0.273. The van der Waals surface area contributed by atoms with Crippen LogP contribution in [0.3, 0.4) is 0 Å². The van der Waals surface area contributed by atoms with Gasteiger partial charge in [-0.25, -0.2) is 0 Å². The number of nitrogens with one attached hydrogen (secondary N) is 2. The largest absolute Gasteiger partial charge is 0.357 e. The van der Waals surface area contributed by atoms with Gasteiger partial charge in [0.05, 0.1) is 0 Å². The molecule has 2 heterocycles. The fourth-order valence-corrected chi connectivity index (χ4v) is 4.06. The molecule has 1 aliphatic heterocycles. The molecule has 160 valence electrons. The van der Waals surface area contributed by atoms with Crippen molar-refractivity contribution in [2.45, 2.75) is 26.3 Å². The number of aromatic nitrogens is 3. The molecule has 9 heteroatoms. The number of carbonyl (C=O) groups is 1. The second-order valence-electron chi connectivity index (χ2n) is 7.27. The van der Waals surface area contributed by atoms with Crippen molar-refractivity contribution in [2.75, 3.05) is 23.8 Å². The summed E-state index contributed by atoms with van der Waals surface area (Å²) in [5.74, 6) is 1.64. The van der Waals surface area contributed by atoms with Gasteiger partial charge in [-0.05, 0) is 61.2 Å². The molecule has 0 fully saturated rings. The number of benzene rings is 2. The number of carbonyl (C=O) groups excluding carboxylic acids is 1. The van der Waals surface area contributed by atoms with E-state index in [4.69, 9.17) is 23.2 Å². The van der Waals surface area contributed by atoms with Gasteiger partial charge in [0.15, 0.2) is 0 Å². The minimum absolute atomic E-state index is 0.153. The third-order valence-corrected chi connectivity index (χ3v) is 5.70. The summed E-state index contributed by atoms with van der Waals surface area (Å²) in [6, 6.07) is 10.9. The Kier molecular flexibility index (Phi) is 6.25. The summed E-state index contributed by atoms with van der Waals surface area (Å²) in [7, 11) is 1.78. The molecule has 0 bridgehead atoms. The van der Waals surface area contributed by atoms with Crippen LogP contribution in [-0.4, -0.2) is 34.5 Å². The average Bonchev–Trinajstić information content (AvgIpc) is 2.77. The second-order valence-corrected chi connectivity index (χ2v) is 8.12. The van der Waals surface area contributed by atoms with Crippen molar-refractivity contribution in [3.63, 3.8) is 0 Å². The molecule has 3 aromatic rings. The monoisotopic (exact) mass is 456 g/mol. The van der Waals surface area contributed by atoms with E-state index in [-0.39, 0.29) is 5.91 Å². The third-order valence-electron chi connectivity index (χ3n) is 5.12. The summed E-state index contributed by atoms with van der Waals surface area (Å²) in [6.45, 7) is 2.98. The summed E-state index contributed by atoms with van der Waals surface area (Å²) in [5, 5.41) is 6.99. The summed E-state index contributed by atoms with van der Waals surface area (Å²) in [5.41, 5.74) is 3.52. The maximum absolute atomic E-state index is 12.7. The van der Waals surface area contributed by atoms with E-state index in [1.165, 1.54) is 0 Å². The van der Waals surface area contributed by atoms with Crippen molar-refractivity contribution >= 4 is 46.7 Å². The van der Waals surface area contributed by atoms with Gasteiger partial charge >= 0.3 is 0 Å². The standard InChI is InChI=1S/C22H22Cl2N6O/c1-13-27-21(25-2)29-22(28-13)30-9-3-4-14-10-15(6-8-19(14)30)20(31)26-12-16-5-7-17(23)11-18(16)24/h5-8,10-11H,3-4,9,12H2,1-2H3,(H,26,31)(H,25,27,28,29). The first-order valence-corrected chi connectivity index (χ1v) is 10.7. The number of hydrogen-bond donors (Lipinski definition) is 2. The molecule has 0 saturated carbocycles. The van der Waals surface area contributed by atoms with Crippen molar-refractivity contribution in [1.29, 1.82) is 0 Å². The first kappa shape index (κ1) is 21.3. The van der Waals surface area contributed by atoms with E-state index in [1.54, 1.807) is 19.2 Å². The van der Waals surface area contributed by atoms with Crippen LogP contribution in [0.4, 0.5) is 17.6 Å². The molecule has 2 aromatic carbocycles. The number of amides is 1. The van der Waals surface area contributed by atoms with Gasteiger partial charge in [0.25, 0.3) is 5.91 Å². The van der Waals surface area contributed by atoms with E-state index >= 15 is 0 Å². The number of anilines is 3. The normalized spacial score (nSPS) is 13.0. The van der Waals surface area contributed by atoms with Gasteiger partial charge in [-0.15, -0.1) is 0 Å². The zero-order valence-electron chi connectivity index (χ0n) is 17.2. The van der Waals surface area contributed by atoms with E-state index in [0.717, 1.165) is 36.2 Å². The van der Waals surface area contributed by atoms with Crippen molar-refractivity contribution in [2.24, 2.45) is 0 Å². The smallest absolute Gasteiger partial charge is 0.251 e. The molecular formula is C22H22Cl2N6O. The molecule has 0 spiro atoms. The summed E-state index contributed by atoms with van der Waals surface area (Å²) < 4.78 is 0. The minimum atomic E-state index is -0.153. The van der Waals surface area contributed by atoms with E-state index < -0.39 is 0 Å². The Morgan fingerprint density at radius 2 is 1.97 bits per heavy atom. The zero-order chi connectivity index (χ0) is 22.0. The molecule has 1 amide bonds. The van der Waals surface area contributed by atoms with Gasteiger partial charge in [0.1, 0.15) is 5.82 Å². The maximum atomic E-state index is 12.7. The summed E-state index contributed by atoms with van der Waals surface area (Å²) in [4.78, 5) is 28.1. The van der Waals surface area contributed by atoms with Gasteiger partial charge in [0.2, 0.25) is 11.9 Å². The van der Waals surface area contributed by atoms with Crippen LogP contribution in [0.2, 0.25) is 10.0 Å². The van der Waals surface area contributed by atoms with Gasteiger partial charge in [-0.2, -0.15) is 15.0 Å². The quantitative estimate of drug-likeness (QED) is 0.585. The Labute approximate surface area is 190 Å². The van der Waals surface area contributed by atoms with Crippen LogP contribution in [0.25, 0.3) is 0 Å². The van der Waals surface area contributed by atoms with Crippen LogP contribution in [0.15, 0.2) is 36.4 Å². The molecule has 1 aromatic heterocycles. The lowest BCUT2D eigenvalue weighted by Crippen LogP contribution is -2.28. The van der Waals surface area contributed by atoms with Gasteiger partial charge < -0.3 is 15.5 Å². The highest BCUT2D eigenvalue weighted by Gasteiger charge is 2.22. The molecule has 7 nitrogen and oxygen atoms in total. The van der Waals surface area contributed by atoms with E-state index in [2.05, 4.69) is 30.5 Å². The molecule has 1 aliphatic rings. The van der Waals surface area contributed by atoms with Crippen LogP contribution in [-0.2, 0) is 13.0 Å². The molecule has 4 rings (SSSR count). The number of aryl methyl sites for hydroxylation is 2. The molecule has 0 saturated heterocycles. The van der Waals surface area contributed by atoms with Crippen molar-refractivity contribution in [3.05, 3.63) is 69.0 Å². The predicted molar refractivity (Wildman–Crippen MR) is 124 cm³/mol. The number of rotatable bonds is 5. The Hall–Kier alpha value is -2.90. The number of halogens is 2. The molecule has 2 N–H and O–H groups in total. The van der Waals surface area contributed by atoms with E-state index in [9.17, 15) is 4.79 Å². The molecule has 0 atom stereocenters. The van der Waals surface area contributed by atoms with Crippen molar-refractivity contribution in [3.8, 4) is 0 Å². The molecule has 0 unspecified atom stereocenters. The van der Waals surface area contributed by atoms with Gasteiger partial charge in [-0.1, -0.05) is 29.3 Å². The highest BCUT2D eigenvalue weighted by atomic mass is 35.5.